The maximum atomic E-state index is 13.1. The molecule has 1 heterocycles. The zero-order valence-corrected chi connectivity index (χ0v) is 19.4. The number of nitrogens with one attached hydrogen (secondary N) is 1. The number of halogens is 3. The molecule has 0 bridgehead atoms. The standard InChI is InChI=1S/C29H21F3N4O/c30-29(31,32)23-8-4-7-22(17-23)26-18-27(33)36(35-26)25-15-11-21(12-16-25)28(37)34-24-13-9-20(10-14-24)19-5-2-1-3-6-19/h1-18H,33H2,(H,34,37). The van der Waals surface area contributed by atoms with Gasteiger partial charge in [-0.2, -0.15) is 18.3 Å². The van der Waals surface area contributed by atoms with Crippen LogP contribution < -0.4 is 11.1 Å². The lowest BCUT2D eigenvalue weighted by molar-refractivity contribution is -0.137. The van der Waals surface area contributed by atoms with Gasteiger partial charge in [-0.3, -0.25) is 4.79 Å². The summed E-state index contributed by atoms with van der Waals surface area (Å²) in [4.78, 5) is 12.7. The van der Waals surface area contributed by atoms with E-state index in [2.05, 4.69) is 10.4 Å². The van der Waals surface area contributed by atoms with Gasteiger partial charge in [0.25, 0.3) is 5.91 Å². The average molecular weight is 499 g/mol. The Kier molecular flexibility index (Phi) is 6.23. The molecule has 3 N–H and O–H groups in total. The Morgan fingerprint density at radius 2 is 1.41 bits per heavy atom. The highest BCUT2D eigenvalue weighted by Crippen LogP contribution is 2.32. The summed E-state index contributed by atoms with van der Waals surface area (Å²) in [5, 5.41) is 7.25. The summed E-state index contributed by atoms with van der Waals surface area (Å²) in [5.74, 6) is -0.0276. The van der Waals surface area contributed by atoms with Crippen LogP contribution in [0, 0.1) is 0 Å². The molecule has 0 spiro atoms. The van der Waals surface area contributed by atoms with Gasteiger partial charge in [0.15, 0.2) is 0 Å². The Hall–Kier alpha value is -4.85. The van der Waals surface area contributed by atoms with Gasteiger partial charge >= 0.3 is 6.18 Å². The highest BCUT2D eigenvalue weighted by Gasteiger charge is 2.30. The molecule has 0 aliphatic rings. The molecular formula is C29H21F3N4O. The average Bonchev–Trinajstić information content (AvgIpc) is 3.31. The van der Waals surface area contributed by atoms with E-state index in [9.17, 15) is 18.0 Å². The minimum Gasteiger partial charge on any atom is -0.384 e. The number of nitrogens with two attached hydrogens (primary N) is 1. The molecule has 37 heavy (non-hydrogen) atoms. The van der Waals surface area contributed by atoms with E-state index < -0.39 is 11.7 Å². The molecule has 0 saturated carbocycles. The number of carbonyl (C=O) groups excluding carboxylic acids is 1. The molecule has 0 fully saturated rings. The van der Waals surface area contributed by atoms with Crippen molar-refractivity contribution in [1.82, 2.24) is 9.78 Å². The lowest BCUT2D eigenvalue weighted by atomic mass is 10.1. The second-order valence-electron chi connectivity index (χ2n) is 8.39. The first-order valence-electron chi connectivity index (χ1n) is 11.4. The van der Waals surface area contributed by atoms with Crippen molar-refractivity contribution in [3.63, 3.8) is 0 Å². The largest absolute Gasteiger partial charge is 0.416 e. The number of carbonyl (C=O) groups is 1. The number of benzene rings is 4. The summed E-state index contributed by atoms with van der Waals surface area (Å²) in [5.41, 5.74) is 9.73. The molecule has 0 saturated heterocycles. The molecule has 0 unspecified atom stereocenters. The fraction of sp³-hybridized carbons (Fsp3) is 0.0345. The van der Waals surface area contributed by atoms with Gasteiger partial charge in [0.05, 0.1) is 16.9 Å². The SMILES string of the molecule is Nc1cc(-c2cccc(C(F)(F)F)c2)nn1-c1ccc(C(=O)Nc2ccc(-c3ccccc3)cc2)cc1. The van der Waals surface area contributed by atoms with Gasteiger partial charge < -0.3 is 11.1 Å². The second kappa shape index (κ2) is 9.66. The summed E-state index contributed by atoms with van der Waals surface area (Å²) in [6.45, 7) is 0. The number of anilines is 2. The molecule has 5 nitrogen and oxygen atoms in total. The van der Waals surface area contributed by atoms with Gasteiger partial charge in [-0.05, 0) is 59.7 Å². The molecule has 0 atom stereocenters. The van der Waals surface area contributed by atoms with Crippen LogP contribution >= 0.6 is 0 Å². The summed E-state index contributed by atoms with van der Waals surface area (Å²) in [6.07, 6.45) is -4.45. The molecule has 0 radical (unpaired) electrons. The maximum absolute atomic E-state index is 13.1. The van der Waals surface area contributed by atoms with Crippen LogP contribution in [-0.4, -0.2) is 15.7 Å². The number of alkyl halides is 3. The zero-order chi connectivity index (χ0) is 26.0. The maximum Gasteiger partial charge on any atom is 0.416 e. The third-order valence-corrected chi connectivity index (χ3v) is 5.85. The number of nitrogen functional groups attached to an aromatic ring is 1. The van der Waals surface area contributed by atoms with Crippen molar-refractivity contribution in [2.24, 2.45) is 0 Å². The fourth-order valence-corrected chi connectivity index (χ4v) is 3.93. The van der Waals surface area contributed by atoms with Gasteiger partial charge in [0.1, 0.15) is 5.82 Å². The smallest absolute Gasteiger partial charge is 0.384 e. The number of aromatic nitrogens is 2. The molecule has 1 aromatic heterocycles. The van der Waals surface area contributed by atoms with Gasteiger partial charge in [0, 0.05) is 22.9 Å². The number of nitrogens with zero attached hydrogens (tertiary/aromatic N) is 2. The quantitative estimate of drug-likeness (QED) is 0.272. The number of amides is 1. The highest BCUT2D eigenvalue weighted by molar-refractivity contribution is 6.04. The third kappa shape index (κ3) is 5.23. The molecule has 8 heteroatoms. The van der Waals surface area contributed by atoms with Crippen LogP contribution in [0.1, 0.15) is 15.9 Å². The lowest BCUT2D eigenvalue weighted by Crippen LogP contribution is -2.12. The Labute approximate surface area is 211 Å². The Morgan fingerprint density at radius 1 is 0.757 bits per heavy atom. The van der Waals surface area contributed by atoms with Crippen molar-refractivity contribution in [1.29, 1.82) is 0 Å². The third-order valence-electron chi connectivity index (χ3n) is 5.85. The van der Waals surface area contributed by atoms with Gasteiger partial charge in [-0.15, -0.1) is 0 Å². The van der Waals surface area contributed by atoms with Gasteiger partial charge in [-0.25, -0.2) is 4.68 Å². The van der Waals surface area contributed by atoms with Crippen molar-refractivity contribution in [3.05, 3.63) is 120 Å². The van der Waals surface area contributed by atoms with E-state index in [0.29, 0.717) is 28.2 Å². The van der Waals surface area contributed by atoms with Crippen LogP contribution in [0.2, 0.25) is 0 Å². The predicted octanol–water partition coefficient (Wildman–Crippen LogP) is 7.06. The normalized spacial score (nSPS) is 11.3. The van der Waals surface area contributed by atoms with Crippen LogP contribution in [0.25, 0.3) is 28.1 Å². The highest BCUT2D eigenvalue weighted by atomic mass is 19.4. The molecule has 5 rings (SSSR count). The minimum absolute atomic E-state index is 0.253. The summed E-state index contributed by atoms with van der Waals surface area (Å²) in [6, 6.07) is 30.5. The van der Waals surface area contributed by atoms with E-state index >= 15 is 0 Å². The molecular weight excluding hydrogens is 477 g/mol. The predicted molar refractivity (Wildman–Crippen MR) is 138 cm³/mol. The number of rotatable bonds is 5. The van der Waals surface area contributed by atoms with Crippen LogP contribution in [0.3, 0.4) is 0 Å². The van der Waals surface area contributed by atoms with Crippen LogP contribution in [-0.2, 0) is 6.18 Å². The van der Waals surface area contributed by atoms with E-state index in [1.807, 2.05) is 54.6 Å². The molecule has 184 valence electrons. The van der Waals surface area contributed by atoms with Crippen molar-refractivity contribution in [2.45, 2.75) is 6.18 Å². The lowest BCUT2D eigenvalue weighted by Gasteiger charge is -2.09. The first-order valence-corrected chi connectivity index (χ1v) is 11.4. The van der Waals surface area contributed by atoms with Crippen molar-refractivity contribution in [3.8, 4) is 28.1 Å². The monoisotopic (exact) mass is 498 g/mol. The summed E-state index contributed by atoms with van der Waals surface area (Å²) in [7, 11) is 0. The minimum atomic E-state index is -4.45. The Morgan fingerprint density at radius 3 is 2.08 bits per heavy atom. The summed E-state index contributed by atoms with van der Waals surface area (Å²) >= 11 is 0. The van der Waals surface area contributed by atoms with Crippen molar-refractivity contribution >= 4 is 17.4 Å². The Balaban J connectivity index is 1.31. The van der Waals surface area contributed by atoms with Crippen LogP contribution in [0.5, 0.6) is 0 Å². The van der Waals surface area contributed by atoms with Crippen LogP contribution in [0.4, 0.5) is 24.7 Å². The molecule has 5 aromatic rings. The molecule has 0 aliphatic heterocycles. The van der Waals surface area contributed by atoms with Crippen LogP contribution in [0.15, 0.2) is 109 Å². The van der Waals surface area contributed by atoms with E-state index in [-0.39, 0.29) is 11.7 Å². The first-order chi connectivity index (χ1) is 17.8. The fourth-order valence-electron chi connectivity index (χ4n) is 3.93. The topological polar surface area (TPSA) is 72.9 Å². The first kappa shape index (κ1) is 23.9. The zero-order valence-electron chi connectivity index (χ0n) is 19.4. The molecule has 1 amide bonds. The number of hydrogen-bond acceptors (Lipinski definition) is 3. The van der Waals surface area contributed by atoms with Crippen molar-refractivity contribution in [2.75, 3.05) is 11.1 Å². The summed E-state index contributed by atoms with van der Waals surface area (Å²) < 4.78 is 40.7. The van der Waals surface area contributed by atoms with E-state index in [1.54, 1.807) is 30.3 Å². The molecule has 0 aliphatic carbocycles. The second-order valence-corrected chi connectivity index (χ2v) is 8.39. The van der Waals surface area contributed by atoms with E-state index in [0.717, 1.165) is 23.3 Å². The van der Waals surface area contributed by atoms with Gasteiger partial charge in [-0.1, -0.05) is 54.6 Å². The van der Waals surface area contributed by atoms with Crippen molar-refractivity contribution < 1.29 is 18.0 Å². The number of hydrogen-bond donors (Lipinski definition) is 2. The van der Waals surface area contributed by atoms with E-state index in [4.69, 9.17) is 5.73 Å². The van der Waals surface area contributed by atoms with E-state index in [1.165, 1.54) is 16.8 Å². The molecule has 4 aromatic carbocycles. The van der Waals surface area contributed by atoms with Gasteiger partial charge in [0.2, 0.25) is 0 Å². The Bertz CT molecular complexity index is 1540.